The van der Waals surface area contributed by atoms with E-state index < -0.39 is 5.54 Å². The summed E-state index contributed by atoms with van der Waals surface area (Å²) in [4.78, 5) is 35.9. The van der Waals surface area contributed by atoms with Gasteiger partial charge in [0.2, 0.25) is 5.91 Å². The molecule has 0 bridgehead atoms. The van der Waals surface area contributed by atoms with E-state index in [0.717, 1.165) is 4.68 Å². The van der Waals surface area contributed by atoms with Crippen LogP contribution in [0.25, 0.3) is 10.8 Å². The number of nitrogens with two attached hydrogens (primary N) is 1. The van der Waals surface area contributed by atoms with Crippen molar-refractivity contribution >= 4 is 16.7 Å². The Kier molecular flexibility index (Phi) is 4.46. The molecule has 0 aliphatic heterocycles. The first-order valence-corrected chi connectivity index (χ1v) is 7.05. The van der Waals surface area contributed by atoms with Crippen molar-refractivity contribution in [2.24, 2.45) is 5.73 Å². The van der Waals surface area contributed by atoms with Crippen molar-refractivity contribution in [2.75, 3.05) is 6.54 Å². The molecule has 2 rings (SSSR count). The summed E-state index contributed by atoms with van der Waals surface area (Å²) in [6.45, 7) is 4.06. The van der Waals surface area contributed by atoms with Crippen LogP contribution in [0.4, 0.5) is 0 Å². The number of aryl methyl sites for hydroxylation is 1. The Hall–Kier alpha value is -2.41. The Balaban J connectivity index is 2.13. The quantitative estimate of drug-likeness (QED) is 0.718. The number of hydrogen-bond donors (Lipinski definition) is 3. The molecule has 7 nitrogen and oxygen atoms in total. The van der Waals surface area contributed by atoms with Crippen LogP contribution >= 0.6 is 0 Å². The number of carbonyl (C=O) groups is 1. The van der Waals surface area contributed by atoms with Crippen molar-refractivity contribution in [1.82, 2.24) is 15.1 Å². The third-order valence-corrected chi connectivity index (χ3v) is 3.19. The molecular weight excluding hydrogens is 284 g/mol. The zero-order chi connectivity index (χ0) is 16.3. The van der Waals surface area contributed by atoms with Gasteiger partial charge in [0, 0.05) is 18.5 Å². The van der Waals surface area contributed by atoms with Crippen molar-refractivity contribution < 1.29 is 4.79 Å². The summed E-state index contributed by atoms with van der Waals surface area (Å²) in [5.74, 6) is -0.223. The molecule has 118 valence electrons. The molecule has 0 saturated carbocycles. The van der Waals surface area contributed by atoms with Gasteiger partial charge >= 0.3 is 0 Å². The van der Waals surface area contributed by atoms with Crippen molar-refractivity contribution in [2.45, 2.75) is 32.4 Å². The lowest BCUT2D eigenvalue weighted by atomic mass is 10.1. The number of H-pyrrole nitrogens is 1. The lowest BCUT2D eigenvalue weighted by Crippen LogP contribution is -2.45. The third-order valence-electron chi connectivity index (χ3n) is 3.19. The molecule has 1 amide bonds. The highest BCUT2D eigenvalue weighted by molar-refractivity contribution is 5.80. The zero-order valence-corrected chi connectivity index (χ0v) is 12.7. The van der Waals surface area contributed by atoms with E-state index in [1.165, 1.54) is 0 Å². The van der Waals surface area contributed by atoms with Gasteiger partial charge in [-0.3, -0.25) is 19.5 Å². The van der Waals surface area contributed by atoms with Crippen molar-refractivity contribution in [1.29, 1.82) is 0 Å². The number of hydrogen-bond acceptors (Lipinski definition) is 4. The van der Waals surface area contributed by atoms with E-state index >= 15 is 0 Å². The number of nitrogens with zero attached hydrogens (tertiary/aromatic N) is 1. The van der Waals surface area contributed by atoms with Crippen LogP contribution in [0.1, 0.15) is 20.3 Å². The van der Waals surface area contributed by atoms with Crippen molar-refractivity contribution in [3.8, 4) is 0 Å². The van der Waals surface area contributed by atoms with E-state index in [1.807, 2.05) is 0 Å². The maximum Gasteiger partial charge on any atom is 0.273 e. The summed E-state index contributed by atoms with van der Waals surface area (Å²) in [5.41, 5.74) is 4.62. The van der Waals surface area contributed by atoms with Gasteiger partial charge in [0.1, 0.15) is 0 Å². The van der Waals surface area contributed by atoms with Crippen LogP contribution in [0.3, 0.4) is 0 Å². The lowest BCUT2D eigenvalue weighted by molar-refractivity contribution is -0.121. The Morgan fingerprint density at radius 1 is 1.27 bits per heavy atom. The van der Waals surface area contributed by atoms with Gasteiger partial charge in [-0.25, -0.2) is 4.68 Å². The second-order valence-electron chi connectivity index (χ2n) is 5.96. The van der Waals surface area contributed by atoms with Crippen LogP contribution in [0.15, 0.2) is 33.9 Å². The Labute approximate surface area is 127 Å². The van der Waals surface area contributed by atoms with Gasteiger partial charge in [-0.1, -0.05) is 12.1 Å². The molecule has 0 aliphatic carbocycles. The molecule has 4 N–H and O–H groups in total. The van der Waals surface area contributed by atoms with E-state index in [2.05, 4.69) is 10.4 Å². The molecule has 0 unspecified atom stereocenters. The fourth-order valence-electron chi connectivity index (χ4n) is 2.03. The van der Waals surface area contributed by atoms with Crippen LogP contribution < -0.4 is 22.2 Å². The van der Waals surface area contributed by atoms with Crippen LogP contribution in [0.5, 0.6) is 0 Å². The van der Waals surface area contributed by atoms with Gasteiger partial charge in [0.15, 0.2) is 0 Å². The number of benzene rings is 1. The molecule has 22 heavy (non-hydrogen) atoms. The average molecular weight is 304 g/mol. The molecule has 0 spiro atoms. The highest BCUT2D eigenvalue weighted by Gasteiger charge is 2.13. The average Bonchev–Trinajstić information content (AvgIpc) is 2.47. The van der Waals surface area contributed by atoms with E-state index in [1.54, 1.807) is 38.1 Å². The number of nitrogens with one attached hydrogen (secondary N) is 2. The summed E-state index contributed by atoms with van der Waals surface area (Å²) in [6, 6.07) is 6.59. The Morgan fingerprint density at radius 2 is 1.91 bits per heavy atom. The fourth-order valence-corrected chi connectivity index (χ4v) is 2.03. The minimum Gasteiger partial charge on any atom is -0.354 e. The largest absolute Gasteiger partial charge is 0.354 e. The highest BCUT2D eigenvalue weighted by atomic mass is 16.2. The van der Waals surface area contributed by atoms with Gasteiger partial charge in [-0.05, 0) is 26.0 Å². The number of aromatic nitrogens is 2. The standard InChI is InChI=1S/C15H20N4O3/c1-15(2,16)9-17-12(20)7-8-19-14(22)11-6-4-3-5-10(11)13(21)18-19/h3-6H,7-9,16H2,1-2H3,(H,17,20)(H,18,21). The number of amides is 1. The normalized spacial score (nSPS) is 11.6. The molecule has 1 heterocycles. The molecular formula is C15H20N4O3. The van der Waals surface area contributed by atoms with Crippen molar-refractivity contribution in [3.63, 3.8) is 0 Å². The monoisotopic (exact) mass is 304 g/mol. The SMILES string of the molecule is CC(C)(N)CNC(=O)CCn1[nH]c(=O)c2ccccc2c1=O. The van der Waals surface area contributed by atoms with Crippen LogP contribution in [0.2, 0.25) is 0 Å². The van der Waals surface area contributed by atoms with Gasteiger partial charge < -0.3 is 11.1 Å². The summed E-state index contributed by atoms with van der Waals surface area (Å²) < 4.78 is 1.16. The first kappa shape index (κ1) is 16.0. The number of rotatable bonds is 5. The Morgan fingerprint density at radius 3 is 2.55 bits per heavy atom. The number of aromatic amines is 1. The van der Waals surface area contributed by atoms with Gasteiger partial charge in [0.25, 0.3) is 11.1 Å². The molecule has 0 fully saturated rings. The molecule has 7 heteroatoms. The van der Waals surface area contributed by atoms with Gasteiger partial charge in [-0.15, -0.1) is 0 Å². The minimum atomic E-state index is -0.496. The smallest absolute Gasteiger partial charge is 0.273 e. The second-order valence-corrected chi connectivity index (χ2v) is 5.96. The predicted octanol–water partition coefficient (Wildman–Crippen LogP) is -0.0666. The number of carbonyl (C=O) groups excluding carboxylic acids is 1. The van der Waals surface area contributed by atoms with Gasteiger partial charge in [-0.2, -0.15) is 0 Å². The van der Waals surface area contributed by atoms with Crippen LogP contribution in [0, 0.1) is 0 Å². The van der Waals surface area contributed by atoms with E-state index in [0.29, 0.717) is 17.3 Å². The topological polar surface area (TPSA) is 110 Å². The van der Waals surface area contributed by atoms with Crippen molar-refractivity contribution in [3.05, 3.63) is 45.0 Å². The van der Waals surface area contributed by atoms with Crippen LogP contribution in [-0.2, 0) is 11.3 Å². The maximum atomic E-state index is 12.3. The molecule has 0 aliphatic rings. The molecule has 0 radical (unpaired) electrons. The Bertz CT molecular complexity index is 799. The fraction of sp³-hybridized carbons (Fsp3) is 0.400. The molecule has 1 aromatic carbocycles. The second kappa shape index (κ2) is 6.15. The summed E-state index contributed by atoms with van der Waals surface area (Å²) in [5, 5.41) is 5.87. The third kappa shape index (κ3) is 3.82. The first-order valence-electron chi connectivity index (χ1n) is 7.05. The molecule has 2 aromatic rings. The first-order chi connectivity index (χ1) is 10.3. The van der Waals surface area contributed by atoms with Crippen LogP contribution in [-0.4, -0.2) is 27.8 Å². The van der Waals surface area contributed by atoms with E-state index in [-0.39, 0.29) is 30.0 Å². The van der Waals surface area contributed by atoms with E-state index in [4.69, 9.17) is 5.73 Å². The van der Waals surface area contributed by atoms with Gasteiger partial charge in [0.05, 0.1) is 17.3 Å². The lowest BCUT2D eigenvalue weighted by Gasteiger charge is -2.18. The maximum absolute atomic E-state index is 12.3. The molecule has 1 aromatic heterocycles. The predicted molar refractivity (Wildman–Crippen MR) is 84.7 cm³/mol. The zero-order valence-electron chi connectivity index (χ0n) is 12.7. The van der Waals surface area contributed by atoms with E-state index in [9.17, 15) is 14.4 Å². The minimum absolute atomic E-state index is 0.0876. The summed E-state index contributed by atoms with van der Waals surface area (Å²) in [7, 11) is 0. The molecule has 0 saturated heterocycles. The summed E-state index contributed by atoms with van der Waals surface area (Å²) in [6.07, 6.45) is 0.0876. The molecule has 0 atom stereocenters. The summed E-state index contributed by atoms with van der Waals surface area (Å²) >= 11 is 0. The number of fused-ring (bicyclic) bond motifs is 1. The highest BCUT2D eigenvalue weighted by Crippen LogP contribution is 2.02.